The summed E-state index contributed by atoms with van der Waals surface area (Å²) in [7, 11) is -3.33. The molecular formula is C7H17NO2S. The molecule has 11 heavy (non-hydrogen) atoms. The van der Waals surface area contributed by atoms with Gasteiger partial charge in [-0.1, -0.05) is 27.2 Å². The van der Waals surface area contributed by atoms with Crippen LogP contribution in [0.15, 0.2) is 0 Å². The van der Waals surface area contributed by atoms with E-state index in [-0.39, 0.29) is 11.2 Å². The maximum absolute atomic E-state index is 10.9. The Labute approximate surface area is 69.0 Å². The van der Waals surface area contributed by atoms with Crippen LogP contribution in [0.2, 0.25) is 0 Å². The van der Waals surface area contributed by atoms with Crippen LogP contribution in [-0.4, -0.2) is 13.7 Å². The molecule has 0 aliphatic heterocycles. The second-order valence-electron chi connectivity index (χ2n) is 3.16. The third kappa shape index (κ3) is 3.72. The molecule has 0 radical (unpaired) electrons. The highest BCUT2D eigenvalue weighted by Crippen LogP contribution is 2.14. The first-order valence-electron chi connectivity index (χ1n) is 3.91. The van der Waals surface area contributed by atoms with E-state index in [1.165, 1.54) is 0 Å². The highest BCUT2D eigenvalue weighted by Gasteiger charge is 2.23. The van der Waals surface area contributed by atoms with Gasteiger partial charge in [0.05, 0.1) is 5.25 Å². The lowest BCUT2D eigenvalue weighted by Crippen LogP contribution is -2.32. The zero-order chi connectivity index (χ0) is 9.07. The van der Waals surface area contributed by atoms with Gasteiger partial charge in [-0.2, -0.15) is 0 Å². The average molecular weight is 179 g/mol. The van der Waals surface area contributed by atoms with Gasteiger partial charge in [0, 0.05) is 0 Å². The molecule has 0 aromatic rings. The van der Waals surface area contributed by atoms with Gasteiger partial charge in [0.1, 0.15) is 0 Å². The molecule has 0 spiro atoms. The molecule has 0 rings (SSSR count). The molecule has 0 aliphatic carbocycles. The topological polar surface area (TPSA) is 60.2 Å². The smallest absolute Gasteiger partial charge is 0.212 e. The van der Waals surface area contributed by atoms with E-state index in [0.29, 0.717) is 6.42 Å². The van der Waals surface area contributed by atoms with Crippen LogP contribution >= 0.6 is 0 Å². The van der Waals surface area contributed by atoms with Gasteiger partial charge in [0.25, 0.3) is 0 Å². The van der Waals surface area contributed by atoms with Crippen molar-refractivity contribution in [1.29, 1.82) is 0 Å². The quantitative estimate of drug-likeness (QED) is 0.702. The Hall–Kier alpha value is -0.0900. The van der Waals surface area contributed by atoms with Crippen molar-refractivity contribution in [3.63, 3.8) is 0 Å². The molecule has 0 heterocycles. The van der Waals surface area contributed by atoms with Crippen molar-refractivity contribution >= 4 is 10.0 Å². The maximum Gasteiger partial charge on any atom is 0.212 e. The minimum Gasteiger partial charge on any atom is -0.228 e. The van der Waals surface area contributed by atoms with E-state index in [2.05, 4.69) is 0 Å². The minimum atomic E-state index is -3.33. The largest absolute Gasteiger partial charge is 0.228 e. The van der Waals surface area contributed by atoms with Crippen molar-refractivity contribution in [2.75, 3.05) is 0 Å². The van der Waals surface area contributed by atoms with Crippen molar-refractivity contribution in [1.82, 2.24) is 0 Å². The fraction of sp³-hybridized carbons (Fsp3) is 1.00. The number of primary sulfonamides is 1. The third-order valence-electron chi connectivity index (χ3n) is 1.74. The first kappa shape index (κ1) is 10.9. The van der Waals surface area contributed by atoms with Gasteiger partial charge >= 0.3 is 0 Å². The van der Waals surface area contributed by atoms with E-state index in [0.717, 1.165) is 6.42 Å². The highest BCUT2D eigenvalue weighted by molar-refractivity contribution is 7.89. The van der Waals surface area contributed by atoms with Gasteiger partial charge in [-0.3, -0.25) is 0 Å². The van der Waals surface area contributed by atoms with Crippen molar-refractivity contribution in [2.24, 2.45) is 11.1 Å². The molecule has 0 bridgehead atoms. The molecule has 0 aromatic carbocycles. The van der Waals surface area contributed by atoms with Gasteiger partial charge in [-0.25, -0.2) is 13.6 Å². The lowest BCUT2D eigenvalue weighted by molar-refractivity contribution is 0.509. The predicted octanol–water partition coefficient (Wildman–Crippen LogP) is 1.10. The van der Waals surface area contributed by atoms with Crippen molar-refractivity contribution < 1.29 is 8.42 Å². The molecule has 0 amide bonds. The fourth-order valence-electron chi connectivity index (χ4n) is 1.16. The van der Waals surface area contributed by atoms with Gasteiger partial charge in [0.2, 0.25) is 10.0 Å². The summed E-state index contributed by atoms with van der Waals surface area (Å²) >= 11 is 0. The lowest BCUT2D eigenvalue weighted by Gasteiger charge is -2.16. The summed E-state index contributed by atoms with van der Waals surface area (Å²) in [5, 5.41) is 4.67. The van der Waals surface area contributed by atoms with Crippen molar-refractivity contribution in [3.8, 4) is 0 Å². The Morgan fingerprint density at radius 3 is 1.91 bits per heavy atom. The SMILES string of the molecule is CCCC(C(C)C)S(N)(=O)=O. The minimum absolute atomic E-state index is 0.116. The van der Waals surface area contributed by atoms with Crippen molar-refractivity contribution in [3.05, 3.63) is 0 Å². The first-order valence-corrected chi connectivity index (χ1v) is 5.52. The lowest BCUT2D eigenvalue weighted by atomic mass is 10.1. The zero-order valence-electron chi connectivity index (χ0n) is 7.37. The monoisotopic (exact) mass is 179 g/mol. The Morgan fingerprint density at radius 1 is 1.36 bits per heavy atom. The Bertz CT molecular complexity index is 196. The summed E-state index contributed by atoms with van der Waals surface area (Å²) in [6.45, 7) is 5.72. The maximum atomic E-state index is 10.9. The van der Waals surface area contributed by atoms with Crippen LogP contribution < -0.4 is 5.14 Å². The van der Waals surface area contributed by atoms with E-state index in [9.17, 15) is 8.42 Å². The molecule has 68 valence electrons. The number of rotatable bonds is 4. The number of hydrogen-bond acceptors (Lipinski definition) is 2. The van der Waals surface area contributed by atoms with E-state index in [1.807, 2.05) is 20.8 Å². The Balaban J connectivity index is 4.36. The fourth-order valence-corrected chi connectivity index (χ4v) is 2.48. The molecule has 0 saturated heterocycles. The van der Waals surface area contributed by atoms with E-state index >= 15 is 0 Å². The standard InChI is InChI=1S/C7H17NO2S/c1-4-5-7(6(2)3)11(8,9)10/h6-7H,4-5H2,1-3H3,(H2,8,9,10). The first-order chi connectivity index (χ1) is 4.89. The summed E-state index contributed by atoms with van der Waals surface area (Å²) in [5.74, 6) is 0.116. The van der Waals surface area contributed by atoms with Crippen LogP contribution in [0, 0.1) is 5.92 Å². The van der Waals surface area contributed by atoms with Crippen LogP contribution in [0.5, 0.6) is 0 Å². The summed E-state index contributed by atoms with van der Waals surface area (Å²) in [5.41, 5.74) is 0. The number of hydrogen-bond donors (Lipinski definition) is 1. The molecule has 2 N–H and O–H groups in total. The predicted molar refractivity (Wildman–Crippen MR) is 46.6 cm³/mol. The number of sulfonamides is 1. The van der Waals surface area contributed by atoms with E-state index in [1.54, 1.807) is 0 Å². The normalized spacial score (nSPS) is 15.4. The summed E-state index contributed by atoms with van der Waals surface area (Å²) in [6, 6.07) is 0. The molecule has 0 fully saturated rings. The molecule has 0 aliphatic rings. The molecule has 0 aromatic heterocycles. The van der Waals surface area contributed by atoms with Crippen LogP contribution in [-0.2, 0) is 10.0 Å². The van der Waals surface area contributed by atoms with Crippen LogP contribution in [0.1, 0.15) is 33.6 Å². The van der Waals surface area contributed by atoms with E-state index < -0.39 is 10.0 Å². The second-order valence-corrected chi connectivity index (χ2v) is 4.94. The second kappa shape index (κ2) is 4.07. The molecule has 0 saturated carbocycles. The third-order valence-corrected chi connectivity index (χ3v) is 3.36. The van der Waals surface area contributed by atoms with Gasteiger partial charge < -0.3 is 0 Å². The summed E-state index contributed by atoms with van der Waals surface area (Å²) in [4.78, 5) is 0. The van der Waals surface area contributed by atoms with E-state index in [4.69, 9.17) is 5.14 Å². The van der Waals surface area contributed by atoms with Gasteiger partial charge in [0.15, 0.2) is 0 Å². The van der Waals surface area contributed by atoms with Crippen LogP contribution in [0.4, 0.5) is 0 Å². The van der Waals surface area contributed by atoms with Crippen molar-refractivity contribution in [2.45, 2.75) is 38.9 Å². The van der Waals surface area contributed by atoms with Crippen LogP contribution in [0.3, 0.4) is 0 Å². The molecule has 3 nitrogen and oxygen atoms in total. The Morgan fingerprint density at radius 2 is 1.82 bits per heavy atom. The number of nitrogens with two attached hydrogens (primary N) is 1. The van der Waals surface area contributed by atoms with Gasteiger partial charge in [-0.05, 0) is 12.3 Å². The molecule has 1 unspecified atom stereocenters. The highest BCUT2D eigenvalue weighted by atomic mass is 32.2. The summed E-state index contributed by atoms with van der Waals surface area (Å²) in [6.07, 6.45) is 1.52. The Kier molecular flexibility index (Phi) is 4.03. The molecule has 1 atom stereocenters. The van der Waals surface area contributed by atoms with Crippen LogP contribution in [0.25, 0.3) is 0 Å². The molecular weight excluding hydrogens is 162 g/mol. The summed E-state index contributed by atoms with van der Waals surface area (Å²) < 4.78 is 21.9. The van der Waals surface area contributed by atoms with Gasteiger partial charge in [-0.15, -0.1) is 0 Å². The average Bonchev–Trinajstić information content (AvgIpc) is 1.79. The molecule has 4 heteroatoms. The zero-order valence-corrected chi connectivity index (χ0v) is 8.19.